The Kier molecular flexibility index (Phi) is 4.47. The quantitative estimate of drug-likeness (QED) is 0.797. The van der Waals surface area contributed by atoms with Gasteiger partial charge in [0.15, 0.2) is 5.82 Å². The summed E-state index contributed by atoms with van der Waals surface area (Å²) in [6.07, 6.45) is 0. The molecule has 2 amide bonds. The van der Waals surface area contributed by atoms with E-state index < -0.39 is 11.8 Å². The average molecular weight is 313 g/mol. The molecule has 0 saturated carbocycles. The molecule has 2 N–H and O–H groups in total. The molecule has 0 atom stereocenters. The number of carbonyl (C=O) groups is 1. The standard InChI is InChI=1S/C14H11Cl2FN2O/c1-8-5-6-9(7-11(8)16)18-14(20)19-12-4-2-3-10(15)13(12)17/h2-7H,1H3,(H2,18,19,20). The van der Waals surface area contributed by atoms with Crippen molar-refractivity contribution in [2.45, 2.75) is 6.92 Å². The van der Waals surface area contributed by atoms with Gasteiger partial charge in [-0.15, -0.1) is 0 Å². The number of hydrogen-bond donors (Lipinski definition) is 2. The Hall–Kier alpha value is -1.78. The number of anilines is 2. The largest absolute Gasteiger partial charge is 0.323 e. The molecule has 0 heterocycles. The number of rotatable bonds is 2. The third-order valence-corrected chi connectivity index (χ3v) is 3.33. The van der Waals surface area contributed by atoms with Gasteiger partial charge in [0.2, 0.25) is 0 Å². The summed E-state index contributed by atoms with van der Waals surface area (Å²) in [7, 11) is 0. The number of nitrogens with one attached hydrogen (secondary N) is 2. The molecule has 20 heavy (non-hydrogen) atoms. The van der Waals surface area contributed by atoms with Gasteiger partial charge in [-0.25, -0.2) is 9.18 Å². The highest BCUT2D eigenvalue weighted by Crippen LogP contribution is 2.23. The van der Waals surface area contributed by atoms with Crippen LogP contribution in [0.2, 0.25) is 10.0 Å². The van der Waals surface area contributed by atoms with Gasteiger partial charge in [-0.1, -0.05) is 35.3 Å². The van der Waals surface area contributed by atoms with Gasteiger partial charge in [0, 0.05) is 10.7 Å². The molecule has 0 aliphatic rings. The topological polar surface area (TPSA) is 41.1 Å². The van der Waals surface area contributed by atoms with Crippen LogP contribution >= 0.6 is 23.2 Å². The Labute approximate surface area is 125 Å². The predicted molar refractivity (Wildman–Crippen MR) is 80.2 cm³/mol. The maximum atomic E-state index is 13.6. The molecule has 0 aliphatic heterocycles. The van der Waals surface area contributed by atoms with E-state index in [4.69, 9.17) is 23.2 Å². The molecule has 0 spiro atoms. The summed E-state index contributed by atoms with van der Waals surface area (Å²) in [5.74, 6) is -0.675. The van der Waals surface area contributed by atoms with Crippen molar-refractivity contribution in [3.8, 4) is 0 Å². The van der Waals surface area contributed by atoms with E-state index in [9.17, 15) is 9.18 Å². The molecule has 0 radical (unpaired) electrons. The lowest BCUT2D eigenvalue weighted by molar-refractivity contribution is 0.262. The van der Waals surface area contributed by atoms with E-state index >= 15 is 0 Å². The van der Waals surface area contributed by atoms with Crippen molar-refractivity contribution in [2.75, 3.05) is 10.6 Å². The second-order valence-corrected chi connectivity index (χ2v) is 4.96. The third-order valence-electron chi connectivity index (χ3n) is 2.63. The summed E-state index contributed by atoms with van der Waals surface area (Å²) in [6, 6.07) is 8.88. The Bertz CT molecular complexity index is 662. The summed E-state index contributed by atoms with van der Waals surface area (Å²) < 4.78 is 13.6. The zero-order chi connectivity index (χ0) is 14.7. The number of carbonyl (C=O) groups excluding carboxylic acids is 1. The number of benzene rings is 2. The molecular formula is C14H11Cl2FN2O. The highest BCUT2D eigenvalue weighted by atomic mass is 35.5. The van der Waals surface area contributed by atoms with E-state index in [1.165, 1.54) is 12.1 Å². The summed E-state index contributed by atoms with van der Waals surface area (Å²) in [5, 5.41) is 5.43. The van der Waals surface area contributed by atoms with Gasteiger partial charge in [-0.3, -0.25) is 0 Å². The lowest BCUT2D eigenvalue weighted by Crippen LogP contribution is -2.20. The van der Waals surface area contributed by atoms with Crippen LogP contribution in [0.1, 0.15) is 5.56 Å². The van der Waals surface area contributed by atoms with Crippen LogP contribution in [0.15, 0.2) is 36.4 Å². The molecule has 0 saturated heterocycles. The molecule has 3 nitrogen and oxygen atoms in total. The third kappa shape index (κ3) is 3.40. The summed E-state index contributed by atoms with van der Waals surface area (Å²) >= 11 is 11.6. The zero-order valence-electron chi connectivity index (χ0n) is 10.5. The maximum Gasteiger partial charge on any atom is 0.323 e. The van der Waals surface area contributed by atoms with E-state index in [1.807, 2.05) is 6.92 Å². The van der Waals surface area contributed by atoms with Gasteiger partial charge in [-0.05, 0) is 36.8 Å². The molecule has 0 aliphatic carbocycles. The van der Waals surface area contributed by atoms with E-state index in [2.05, 4.69) is 10.6 Å². The fourth-order valence-corrected chi connectivity index (χ4v) is 1.91. The van der Waals surface area contributed by atoms with E-state index in [1.54, 1.807) is 24.3 Å². The summed E-state index contributed by atoms with van der Waals surface area (Å²) in [4.78, 5) is 11.8. The molecule has 0 aromatic heterocycles. The monoisotopic (exact) mass is 312 g/mol. The second kappa shape index (κ2) is 6.11. The first kappa shape index (κ1) is 14.6. The van der Waals surface area contributed by atoms with Gasteiger partial charge in [0.25, 0.3) is 0 Å². The number of aryl methyl sites for hydroxylation is 1. The molecule has 0 unspecified atom stereocenters. The van der Waals surface area contributed by atoms with Gasteiger partial charge in [0.1, 0.15) is 0 Å². The van der Waals surface area contributed by atoms with Crippen LogP contribution in [-0.4, -0.2) is 6.03 Å². The first-order chi connectivity index (χ1) is 9.47. The van der Waals surface area contributed by atoms with Crippen molar-refractivity contribution >= 4 is 40.6 Å². The Morgan fingerprint density at radius 2 is 1.85 bits per heavy atom. The molecule has 6 heteroatoms. The Morgan fingerprint density at radius 1 is 1.10 bits per heavy atom. The molecule has 0 fully saturated rings. The summed E-state index contributed by atoms with van der Waals surface area (Å²) in [5.41, 5.74) is 1.42. The van der Waals surface area contributed by atoms with Crippen molar-refractivity contribution in [3.63, 3.8) is 0 Å². The van der Waals surface area contributed by atoms with Gasteiger partial charge in [0.05, 0.1) is 10.7 Å². The Balaban J connectivity index is 2.09. The Morgan fingerprint density at radius 3 is 2.55 bits per heavy atom. The minimum atomic E-state index is -0.675. The highest BCUT2D eigenvalue weighted by Gasteiger charge is 2.10. The van der Waals surface area contributed by atoms with Crippen LogP contribution in [-0.2, 0) is 0 Å². The average Bonchev–Trinajstić information content (AvgIpc) is 2.39. The van der Waals surface area contributed by atoms with Crippen LogP contribution in [0, 0.1) is 12.7 Å². The zero-order valence-corrected chi connectivity index (χ0v) is 12.0. The van der Waals surface area contributed by atoms with Crippen LogP contribution in [0.3, 0.4) is 0 Å². The minimum Gasteiger partial charge on any atom is -0.308 e. The number of hydrogen-bond acceptors (Lipinski definition) is 1. The molecule has 0 bridgehead atoms. The van der Waals surface area contributed by atoms with Crippen molar-refractivity contribution in [3.05, 3.63) is 57.8 Å². The number of halogens is 3. The van der Waals surface area contributed by atoms with E-state index in [0.29, 0.717) is 10.7 Å². The highest BCUT2D eigenvalue weighted by molar-refractivity contribution is 6.31. The summed E-state index contributed by atoms with van der Waals surface area (Å²) in [6.45, 7) is 1.85. The van der Waals surface area contributed by atoms with Gasteiger partial charge in [-0.2, -0.15) is 0 Å². The number of amides is 2. The smallest absolute Gasteiger partial charge is 0.308 e. The molecule has 104 valence electrons. The maximum absolute atomic E-state index is 13.6. The molecule has 2 aromatic rings. The van der Waals surface area contributed by atoms with E-state index in [-0.39, 0.29) is 10.7 Å². The van der Waals surface area contributed by atoms with Gasteiger partial charge < -0.3 is 10.6 Å². The molecular weight excluding hydrogens is 302 g/mol. The van der Waals surface area contributed by atoms with Crippen LogP contribution in [0.5, 0.6) is 0 Å². The minimum absolute atomic E-state index is 0.00760. The van der Waals surface area contributed by atoms with Crippen LogP contribution < -0.4 is 10.6 Å². The number of urea groups is 1. The molecule has 2 rings (SSSR count). The predicted octanol–water partition coefficient (Wildman–Crippen LogP) is 5.08. The fraction of sp³-hybridized carbons (Fsp3) is 0.0714. The second-order valence-electron chi connectivity index (χ2n) is 4.14. The lowest BCUT2D eigenvalue weighted by Gasteiger charge is -2.09. The SMILES string of the molecule is Cc1ccc(NC(=O)Nc2cccc(Cl)c2F)cc1Cl. The van der Waals surface area contributed by atoms with E-state index in [0.717, 1.165) is 5.56 Å². The lowest BCUT2D eigenvalue weighted by atomic mass is 10.2. The van der Waals surface area contributed by atoms with Gasteiger partial charge >= 0.3 is 6.03 Å². The first-order valence-corrected chi connectivity index (χ1v) is 6.51. The van der Waals surface area contributed by atoms with Crippen molar-refractivity contribution in [1.82, 2.24) is 0 Å². The van der Waals surface area contributed by atoms with Crippen molar-refractivity contribution in [2.24, 2.45) is 0 Å². The molecule has 2 aromatic carbocycles. The van der Waals surface area contributed by atoms with Crippen molar-refractivity contribution in [1.29, 1.82) is 0 Å². The van der Waals surface area contributed by atoms with Crippen molar-refractivity contribution < 1.29 is 9.18 Å². The fourth-order valence-electron chi connectivity index (χ4n) is 1.56. The normalized spacial score (nSPS) is 10.2. The first-order valence-electron chi connectivity index (χ1n) is 5.75. The van der Waals surface area contributed by atoms with Crippen LogP contribution in [0.25, 0.3) is 0 Å². The van der Waals surface area contributed by atoms with Crippen LogP contribution in [0.4, 0.5) is 20.6 Å².